The molecule has 0 aliphatic heterocycles. The molecule has 3 nitrogen and oxygen atoms in total. The van der Waals surface area contributed by atoms with E-state index in [1.165, 1.54) is 6.42 Å². The summed E-state index contributed by atoms with van der Waals surface area (Å²) in [6.45, 7) is 8.38. The molecule has 0 saturated carbocycles. The fraction of sp³-hybridized carbons (Fsp3) is 0.562. The number of carbonyl (C=O) groups excluding carboxylic acids is 1. The summed E-state index contributed by atoms with van der Waals surface area (Å²) in [5, 5.41) is 3.04. The van der Waals surface area contributed by atoms with Gasteiger partial charge in [-0.2, -0.15) is 0 Å². The summed E-state index contributed by atoms with van der Waals surface area (Å²) < 4.78 is 0. The van der Waals surface area contributed by atoms with Gasteiger partial charge in [0.2, 0.25) is 0 Å². The largest absolute Gasteiger partial charge is 0.398 e. The average Bonchev–Trinajstić information content (AvgIpc) is 2.31. The Morgan fingerprint density at radius 1 is 1.26 bits per heavy atom. The molecule has 0 aliphatic carbocycles. The number of hydrogen-bond donors (Lipinski definition) is 2. The van der Waals surface area contributed by atoms with Crippen LogP contribution in [0, 0.1) is 12.8 Å². The van der Waals surface area contributed by atoms with Crippen LogP contribution in [0.1, 0.15) is 56.0 Å². The molecule has 1 rings (SSSR count). The standard InChI is InChI=1S/C16H26N2O/c1-11(2)7-5-8-12(3)18-16(19)14-9-6-10-15(17)13(14)4/h6,9-12H,5,7-8,17H2,1-4H3,(H,18,19). The predicted octanol–water partition coefficient (Wildman–Crippen LogP) is 3.52. The van der Waals surface area contributed by atoms with Gasteiger partial charge < -0.3 is 11.1 Å². The summed E-state index contributed by atoms with van der Waals surface area (Å²) in [5.74, 6) is 0.695. The lowest BCUT2D eigenvalue weighted by Crippen LogP contribution is -2.33. The van der Waals surface area contributed by atoms with Crippen LogP contribution in [0.2, 0.25) is 0 Å². The summed E-state index contributed by atoms with van der Waals surface area (Å²) in [5.41, 5.74) is 8.02. The van der Waals surface area contributed by atoms with Gasteiger partial charge in [-0.15, -0.1) is 0 Å². The Morgan fingerprint density at radius 2 is 1.95 bits per heavy atom. The first kappa shape index (κ1) is 15.5. The first-order valence-corrected chi connectivity index (χ1v) is 7.07. The summed E-state index contributed by atoms with van der Waals surface area (Å²) in [6, 6.07) is 5.66. The van der Waals surface area contributed by atoms with Crippen molar-refractivity contribution < 1.29 is 4.79 Å². The molecule has 0 saturated heterocycles. The highest BCUT2D eigenvalue weighted by atomic mass is 16.1. The summed E-state index contributed by atoms with van der Waals surface area (Å²) in [7, 11) is 0. The van der Waals surface area contributed by atoms with Crippen LogP contribution in [0.4, 0.5) is 5.69 Å². The fourth-order valence-electron chi connectivity index (χ4n) is 2.11. The highest BCUT2D eigenvalue weighted by molar-refractivity contribution is 5.97. The van der Waals surface area contributed by atoms with E-state index in [2.05, 4.69) is 26.1 Å². The lowest BCUT2D eigenvalue weighted by Gasteiger charge is -2.16. The van der Waals surface area contributed by atoms with Crippen molar-refractivity contribution in [2.75, 3.05) is 5.73 Å². The third-order valence-electron chi connectivity index (χ3n) is 3.42. The van der Waals surface area contributed by atoms with Gasteiger partial charge >= 0.3 is 0 Å². The van der Waals surface area contributed by atoms with Gasteiger partial charge in [0.15, 0.2) is 0 Å². The molecule has 1 atom stereocenters. The van der Waals surface area contributed by atoms with Crippen molar-refractivity contribution >= 4 is 11.6 Å². The van der Waals surface area contributed by atoms with Gasteiger partial charge in [-0.3, -0.25) is 4.79 Å². The summed E-state index contributed by atoms with van der Waals surface area (Å²) in [6.07, 6.45) is 3.37. The Morgan fingerprint density at radius 3 is 2.58 bits per heavy atom. The van der Waals surface area contributed by atoms with Crippen molar-refractivity contribution in [2.45, 2.75) is 53.0 Å². The Hall–Kier alpha value is -1.51. The summed E-state index contributed by atoms with van der Waals surface area (Å²) >= 11 is 0. The maximum atomic E-state index is 12.2. The Kier molecular flexibility index (Phi) is 5.87. The zero-order chi connectivity index (χ0) is 14.4. The van der Waals surface area contributed by atoms with Crippen LogP contribution in [0.3, 0.4) is 0 Å². The van der Waals surface area contributed by atoms with E-state index in [0.717, 1.165) is 24.3 Å². The van der Waals surface area contributed by atoms with Crippen molar-refractivity contribution in [3.8, 4) is 0 Å². The second kappa shape index (κ2) is 7.17. The van der Waals surface area contributed by atoms with Crippen LogP contribution in [0.5, 0.6) is 0 Å². The van der Waals surface area contributed by atoms with E-state index < -0.39 is 0 Å². The average molecular weight is 262 g/mol. The molecule has 0 spiro atoms. The van der Waals surface area contributed by atoms with Crippen LogP contribution >= 0.6 is 0 Å². The number of amides is 1. The van der Waals surface area contributed by atoms with Gasteiger partial charge in [-0.05, 0) is 43.9 Å². The number of anilines is 1. The van der Waals surface area contributed by atoms with Crippen LogP contribution in [-0.2, 0) is 0 Å². The number of nitrogens with one attached hydrogen (secondary N) is 1. The molecule has 1 unspecified atom stereocenters. The van der Waals surface area contributed by atoms with Crippen LogP contribution in [0.15, 0.2) is 18.2 Å². The zero-order valence-electron chi connectivity index (χ0n) is 12.5. The maximum absolute atomic E-state index is 12.2. The molecule has 0 heterocycles. The van der Waals surface area contributed by atoms with Gasteiger partial charge in [0, 0.05) is 17.3 Å². The van der Waals surface area contributed by atoms with Crippen molar-refractivity contribution in [3.63, 3.8) is 0 Å². The van der Waals surface area contributed by atoms with E-state index >= 15 is 0 Å². The smallest absolute Gasteiger partial charge is 0.251 e. The number of nitrogen functional groups attached to an aromatic ring is 1. The van der Waals surface area contributed by atoms with Gasteiger partial charge in [0.1, 0.15) is 0 Å². The molecule has 3 N–H and O–H groups in total. The van der Waals surface area contributed by atoms with Gasteiger partial charge in [0.25, 0.3) is 5.91 Å². The lowest BCUT2D eigenvalue weighted by molar-refractivity contribution is 0.0937. The van der Waals surface area contributed by atoms with Crippen molar-refractivity contribution in [2.24, 2.45) is 5.92 Å². The van der Waals surface area contributed by atoms with E-state index in [4.69, 9.17) is 5.73 Å². The SMILES string of the molecule is Cc1c(N)cccc1C(=O)NC(C)CCCC(C)C. The highest BCUT2D eigenvalue weighted by Gasteiger charge is 2.13. The third-order valence-corrected chi connectivity index (χ3v) is 3.42. The highest BCUT2D eigenvalue weighted by Crippen LogP contribution is 2.16. The number of carbonyl (C=O) groups is 1. The molecule has 1 aromatic carbocycles. The van der Waals surface area contributed by atoms with Crippen LogP contribution in [0.25, 0.3) is 0 Å². The lowest BCUT2D eigenvalue weighted by atomic mass is 10.0. The number of rotatable bonds is 6. The molecule has 1 amide bonds. The molecule has 0 radical (unpaired) electrons. The van der Waals surface area contributed by atoms with Gasteiger partial charge in [-0.1, -0.05) is 32.8 Å². The van der Waals surface area contributed by atoms with Crippen LogP contribution < -0.4 is 11.1 Å². The Bertz CT molecular complexity index is 427. The Balaban J connectivity index is 2.52. The van der Waals surface area contributed by atoms with E-state index in [9.17, 15) is 4.79 Å². The minimum Gasteiger partial charge on any atom is -0.398 e. The van der Waals surface area contributed by atoms with Gasteiger partial charge in [0.05, 0.1) is 0 Å². The number of hydrogen-bond acceptors (Lipinski definition) is 2. The van der Waals surface area contributed by atoms with E-state index in [-0.39, 0.29) is 11.9 Å². The normalized spacial score (nSPS) is 12.5. The van der Waals surface area contributed by atoms with Crippen molar-refractivity contribution in [1.82, 2.24) is 5.32 Å². The first-order chi connectivity index (χ1) is 8.91. The molecular formula is C16H26N2O. The topological polar surface area (TPSA) is 55.1 Å². The maximum Gasteiger partial charge on any atom is 0.251 e. The summed E-state index contributed by atoms with van der Waals surface area (Å²) in [4.78, 5) is 12.2. The molecule has 19 heavy (non-hydrogen) atoms. The predicted molar refractivity (Wildman–Crippen MR) is 81.2 cm³/mol. The van der Waals surface area contributed by atoms with E-state index in [0.29, 0.717) is 11.3 Å². The molecule has 106 valence electrons. The molecule has 0 aromatic heterocycles. The zero-order valence-corrected chi connectivity index (χ0v) is 12.5. The molecule has 0 fully saturated rings. The van der Waals surface area contributed by atoms with Crippen molar-refractivity contribution in [3.05, 3.63) is 29.3 Å². The molecule has 3 heteroatoms. The number of nitrogens with two attached hydrogens (primary N) is 1. The third kappa shape index (κ3) is 4.93. The Labute approximate surface area is 116 Å². The number of benzene rings is 1. The first-order valence-electron chi connectivity index (χ1n) is 7.07. The second-order valence-corrected chi connectivity index (χ2v) is 5.72. The minimum atomic E-state index is -0.0261. The van der Waals surface area contributed by atoms with Gasteiger partial charge in [-0.25, -0.2) is 0 Å². The van der Waals surface area contributed by atoms with Crippen molar-refractivity contribution in [1.29, 1.82) is 0 Å². The van der Waals surface area contributed by atoms with Crippen LogP contribution in [-0.4, -0.2) is 11.9 Å². The minimum absolute atomic E-state index is 0.0261. The molecule has 0 bridgehead atoms. The molecule has 1 aromatic rings. The quantitative estimate of drug-likeness (QED) is 0.771. The fourth-order valence-corrected chi connectivity index (χ4v) is 2.11. The monoisotopic (exact) mass is 262 g/mol. The van der Waals surface area contributed by atoms with E-state index in [1.54, 1.807) is 0 Å². The molecule has 0 aliphatic rings. The molecular weight excluding hydrogens is 236 g/mol. The second-order valence-electron chi connectivity index (χ2n) is 5.72. The van der Waals surface area contributed by atoms with E-state index in [1.807, 2.05) is 25.1 Å².